The summed E-state index contributed by atoms with van der Waals surface area (Å²) in [4.78, 5) is 0. The first kappa shape index (κ1) is 12.8. The lowest BCUT2D eigenvalue weighted by Crippen LogP contribution is -2.39. The van der Waals surface area contributed by atoms with Gasteiger partial charge in [-0.3, -0.25) is 4.18 Å². The van der Waals surface area contributed by atoms with E-state index in [4.69, 9.17) is 0 Å². The van der Waals surface area contributed by atoms with Gasteiger partial charge in [-0.05, 0) is 24.7 Å². The van der Waals surface area contributed by atoms with Crippen LogP contribution in [0.4, 0.5) is 13.2 Å². The van der Waals surface area contributed by atoms with Crippen LogP contribution in [0.2, 0.25) is 0 Å². The monoisotopic (exact) mass is 246 g/mol. The largest absolute Gasteiger partial charge is 0.523 e. The van der Waals surface area contributed by atoms with Crippen molar-refractivity contribution in [1.82, 2.24) is 0 Å². The van der Waals surface area contributed by atoms with Crippen LogP contribution in [0.5, 0.6) is 0 Å². The van der Waals surface area contributed by atoms with Crippen molar-refractivity contribution in [3.05, 3.63) is 0 Å². The third-order valence-corrected chi connectivity index (χ3v) is 3.71. The molecule has 0 aliphatic heterocycles. The summed E-state index contributed by atoms with van der Waals surface area (Å²) in [6, 6.07) is 0. The van der Waals surface area contributed by atoms with Crippen LogP contribution in [0, 0.1) is 11.8 Å². The van der Waals surface area contributed by atoms with E-state index >= 15 is 0 Å². The molecule has 0 heterocycles. The zero-order chi connectivity index (χ0) is 11.9. The lowest BCUT2D eigenvalue weighted by Gasteiger charge is -2.36. The molecule has 3 nitrogen and oxygen atoms in total. The van der Waals surface area contributed by atoms with E-state index < -0.39 is 21.7 Å². The third kappa shape index (κ3) is 2.84. The molecule has 0 aromatic carbocycles. The Hall–Kier alpha value is -0.300. The Morgan fingerprint density at radius 1 is 1.27 bits per heavy atom. The molecule has 7 heteroatoms. The molecule has 1 fully saturated rings. The predicted molar refractivity (Wildman–Crippen MR) is 47.4 cm³/mol. The minimum Gasteiger partial charge on any atom is -0.260 e. The van der Waals surface area contributed by atoms with Gasteiger partial charge in [-0.1, -0.05) is 13.8 Å². The Morgan fingerprint density at radius 2 is 1.73 bits per heavy atom. The maximum atomic E-state index is 11.9. The zero-order valence-electron chi connectivity index (χ0n) is 8.41. The summed E-state index contributed by atoms with van der Waals surface area (Å²) in [5.41, 5.74) is -5.31. The van der Waals surface area contributed by atoms with Gasteiger partial charge in [0.1, 0.15) is 0 Å². The molecule has 0 aromatic heterocycles. The molecule has 15 heavy (non-hydrogen) atoms. The molecule has 0 unspecified atom stereocenters. The summed E-state index contributed by atoms with van der Waals surface area (Å²) in [5.74, 6) is 0.608. The molecule has 0 radical (unpaired) electrons. The second-order valence-electron chi connectivity index (χ2n) is 4.09. The van der Waals surface area contributed by atoms with Crippen LogP contribution in [0.25, 0.3) is 0 Å². The van der Waals surface area contributed by atoms with Crippen LogP contribution in [0.3, 0.4) is 0 Å². The van der Waals surface area contributed by atoms with E-state index in [1.54, 1.807) is 0 Å². The number of hydrogen-bond donors (Lipinski definition) is 0. The van der Waals surface area contributed by atoms with Crippen LogP contribution in [-0.2, 0) is 14.3 Å². The van der Waals surface area contributed by atoms with Crippen molar-refractivity contribution in [3.8, 4) is 0 Å². The molecule has 1 rings (SSSR count). The van der Waals surface area contributed by atoms with Gasteiger partial charge >= 0.3 is 15.6 Å². The third-order valence-electron chi connectivity index (χ3n) is 2.62. The van der Waals surface area contributed by atoms with E-state index in [1.165, 1.54) is 0 Å². The molecule has 0 spiro atoms. The molecule has 1 saturated carbocycles. The van der Waals surface area contributed by atoms with Crippen LogP contribution in [0.15, 0.2) is 0 Å². The Labute approximate surface area is 86.7 Å². The fourth-order valence-corrected chi connectivity index (χ4v) is 2.09. The first-order valence-electron chi connectivity index (χ1n) is 4.63. The highest BCUT2D eigenvalue weighted by molar-refractivity contribution is 7.87. The topological polar surface area (TPSA) is 43.4 Å². The zero-order valence-corrected chi connectivity index (χ0v) is 9.23. The van der Waals surface area contributed by atoms with Gasteiger partial charge in [-0.25, -0.2) is 0 Å². The summed E-state index contributed by atoms with van der Waals surface area (Å²) in [6.07, 6.45) is -0.0380. The summed E-state index contributed by atoms with van der Waals surface area (Å²) >= 11 is 0. The predicted octanol–water partition coefficient (Wildman–Crippen LogP) is 2.29. The lowest BCUT2D eigenvalue weighted by molar-refractivity contribution is -0.0647. The van der Waals surface area contributed by atoms with Crippen LogP contribution in [0.1, 0.15) is 26.7 Å². The Balaban J connectivity index is 2.47. The van der Waals surface area contributed by atoms with Crippen LogP contribution < -0.4 is 0 Å². The molecule has 0 N–H and O–H groups in total. The van der Waals surface area contributed by atoms with E-state index in [-0.39, 0.29) is 5.92 Å². The standard InChI is InChI=1S/C8H13F3O3S/c1-5(2)6-3-7(4-6)14-15(12,13)8(9,10)11/h5-7H,3-4H2,1-2H3. The summed E-state index contributed by atoms with van der Waals surface area (Å²) in [6.45, 7) is 3.89. The van der Waals surface area contributed by atoms with Gasteiger partial charge < -0.3 is 0 Å². The van der Waals surface area contributed by atoms with Gasteiger partial charge in [0.05, 0.1) is 6.10 Å². The molecule has 90 valence electrons. The smallest absolute Gasteiger partial charge is 0.260 e. The van der Waals surface area contributed by atoms with Gasteiger partial charge in [0.15, 0.2) is 0 Å². The minimum atomic E-state index is -5.41. The molecule has 0 saturated heterocycles. The number of alkyl halides is 3. The second kappa shape index (κ2) is 3.93. The fraction of sp³-hybridized carbons (Fsp3) is 1.00. The molecule has 0 atom stereocenters. The highest BCUT2D eigenvalue weighted by Crippen LogP contribution is 2.38. The van der Waals surface area contributed by atoms with Crippen molar-refractivity contribution in [3.63, 3.8) is 0 Å². The van der Waals surface area contributed by atoms with E-state index in [0.717, 1.165) is 0 Å². The van der Waals surface area contributed by atoms with Crippen LogP contribution >= 0.6 is 0 Å². The first-order valence-corrected chi connectivity index (χ1v) is 6.04. The van der Waals surface area contributed by atoms with Gasteiger partial charge in [0, 0.05) is 0 Å². The van der Waals surface area contributed by atoms with Crippen molar-refractivity contribution in [2.75, 3.05) is 0 Å². The van der Waals surface area contributed by atoms with Crippen LogP contribution in [-0.4, -0.2) is 20.0 Å². The Morgan fingerprint density at radius 3 is 2.07 bits per heavy atom. The van der Waals surface area contributed by atoms with E-state index in [0.29, 0.717) is 18.8 Å². The summed E-state index contributed by atoms with van der Waals surface area (Å²) < 4.78 is 60.9. The van der Waals surface area contributed by atoms with E-state index in [9.17, 15) is 21.6 Å². The molecule has 0 aromatic rings. The van der Waals surface area contributed by atoms with E-state index in [1.807, 2.05) is 13.8 Å². The van der Waals surface area contributed by atoms with Gasteiger partial charge in [-0.2, -0.15) is 21.6 Å². The van der Waals surface area contributed by atoms with Crippen molar-refractivity contribution >= 4 is 10.1 Å². The average molecular weight is 246 g/mol. The first-order chi connectivity index (χ1) is 6.63. The van der Waals surface area contributed by atoms with Crippen molar-refractivity contribution in [2.45, 2.75) is 38.3 Å². The van der Waals surface area contributed by atoms with Crippen molar-refractivity contribution in [1.29, 1.82) is 0 Å². The van der Waals surface area contributed by atoms with Crippen molar-refractivity contribution in [2.24, 2.45) is 11.8 Å². The second-order valence-corrected chi connectivity index (χ2v) is 5.66. The molecular formula is C8H13F3O3S. The molecule has 1 aliphatic rings. The minimum absolute atomic E-state index is 0.262. The molecule has 0 amide bonds. The van der Waals surface area contributed by atoms with Gasteiger partial charge in [0.25, 0.3) is 0 Å². The maximum Gasteiger partial charge on any atom is 0.523 e. The van der Waals surface area contributed by atoms with E-state index in [2.05, 4.69) is 4.18 Å². The highest BCUT2D eigenvalue weighted by Gasteiger charge is 2.50. The van der Waals surface area contributed by atoms with Gasteiger partial charge in [0.2, 0.25) is 0 Å². The SMILES string of the molecule is CC(C)C1CC(OS(=O)(=O)C(F)(F)F)C1. The Kier molecular flexibility index (Phi) is 3.35. The number of halogens is 3. The molecular weight excluding hydrogens is 233 g/mol. The number of rotatable bonds is 3. The average Bonchev–Trinajstić information content (AvgIpc) is 1.92. The van der Waals surface area contributed by atoms with Gasteiger partial charge in [-0.15, -0.1) is 0 Å². The maximum absolute atomic E-state index is 11.9. The normalized spacial score (nSPS) is 27.9. The quantitative estimate of drug-likeness (QED) is 0.567. The summed E-state index contributed by atoms with van der Waals surface area (Å²) in [5, 5.41) is 0. The Bertz CT molecular complexity index is 315. The van der Waals surface area contributed by atoms with Crippen molar-refractivity contribution < 1.29 is 25.8 Å². The molecule has 1 aliphatic carbocycles. The lowest BCUT2D eigenvalue weighted by atomic mass is 9.75. The number of hydrogen-bond acceptors (Lipinski definition) is 3. The molecule has 0 bridgehead atoms. The summed E-state index contributed by atoms with van der Waals surface area (Å²) in [7, 11) is -5.41. The highest BCUT2D eigenvalue weighted by atomic mass is 32.2. The fourth-order valence-electron chi connectivity index (χ4n) is 1.46.